The highest BCUT2D eigenvalue weighted by Crippen LogP contribution is 2.52. The van der Waals surface area contributed by atoms with Gasteiger partial charge in [-0.3, -0.25) is 4.79 Å². The van der Waals surface area contributed by atoms with Crippen molar-refractivity contribution in [2.24, 2.45) is 10.8 Å². The summed E-state index contributed by atoms with van der Waals surface area (Å²) >= 11 is 0. The van der Waals surface area contributed by atoms with Crippen molar-refractivity contribution in [2.45, 2.75) is 57.5 Å². The summed E-state index contributed by atoms with van der Waals surface area (Å²) < 4.78 is 28.2. The maximum absolute atomic E-state index is 13.3. The molecule has 160 valence electrons. The van der Waals surface area contributed by atoms with Gasteiger partial charge in [0.2, 0.25) is 10.0 Å². The second kappa shape index (κ2) is 7.50. The van der Waals surface area contributed by atoms with Crippen LogP contribution in [0.15, 0.2) is 59.5 Å². The maximum atomic E-state index is 13.3. The SMILES string of the molecule is CC1(C)C[C@H]2C[C@@](C)(CN2C(=O)c2cccc(S(=O)(=O)NCc3ccccc3)c2)C1. The number of hydrogen-bond acceptors (Lipinski definition) is 3. The molecule has 1 heterocycles. The van der Waals surface area contributed by atoms with E-state index in [0.717, 1.165) is 31.4 Å². The molecule has 2 aromatic carbocycles. The van der Waals surface area contributed by atoms with Gasteiger partial charge in [-0.1, -0.05) is 57.2 Å². The smallest absolute Gasteiger partial charge is 0.254 e. The number of carbonyl (C=O) groups is 1. The van der Waals surface area contributed by atoms with Gasteiger partial charge in [0.05, 0.1) is 4.90 Å². The molecular formula is C24H30N2O3S. The fraction of sp³-hybridized carbons (Fsp3) is 0.458. The predicted octanol–water partition coefficient (Wildman–Crippen LogP) is 4.21. The van der Waals surface area contributed by atoms with Crippen molar-refractivity contribution >= 4 is 15.9 Å². The topological polar surface area (TPSA) is 66.5 Å². The quantitative estimate of drug-likeness (QED) is 0.779. The molecular weight excluding hydrogens is 396 g/mol. The summed E-state index contributed by atoms with van der Waals surface area (Å²) in [6.45, 7) is 7.77. The molecule has 1 aliphatic carbocycles. The first kappa shape index (κ1) is 21.1. The summed E-state index contributed by atoms with van der Waals surface area (Å²) in [5.74, 6) is -0.0680. The fourth-order valence-electron chi connectivity index (χ4n) is 5.52. The van der Waals surface area contributed by atoms with Crippen LogP contribution in [0.2, 0.25) is 0 Å². The lowest BCUT2D eigenvalue weighted by Gasteiger charge is -2.39. The van der Waals surface area contributed by atoms with Gasteiger partial charge < -0.3 is 4.90 Å². The fourth-order valence-corrected chi connectivity index (χ4v) is 6.58. The van der Waals surface area contributed by atoms with Crippen LogP contribution >= 0.6 is 0 Å². The number of amides is 1. The number of nitrogens with one attached hydrogen (secondary N) is 1. The van der Waals surface area contributed by atoms with Crippen LogP contribution in [0.3, 0.4) is 0 Å². The third kappa shape index (κ3) is 4.30. The standard InChI is InChI=1S/C24H30N2O3S/c1-23(2)13-20-14-24(3,16-23)17-26(20)22(27)19-10-7-11-21(12-19)30(28,29)25-15-18-8-5-4-6-9-18/h4-12,20,25H,13-17H2,1-3H3/t20-,24+/m0/s1. The summed E-state index contributed by atoms with van der Waals surface area (Å²) in [5, 5.41) is 0. The lowest BCUT2D eigenvalue weighted by atomic mass is 9.65. The maximum Gasteiger partial charge on any atom is 0.254 e. The summed E-state index contributed by atoms with van der Waals surface area (Å²) in [7, 11) is -3.71. The molecule has 1 saturated carbocycles. The Balaban J connectivity index is 1.52. The first-order chi connectivity index (χ1) is 14.1. The van der Waals surface area contributed by atoms with Crippen LogP contribution in [-0.4, -0.2) is 31.8 Å². The summed E-state index contributed by atoms with van der Waals surface area (Å²) in [6.07, 6.45) is 3.13. The minimum absolute atomic E-state index is 0.0680. The van der Waals surface area contributed by atoms with Crippen LogP contribution < -0.4 is 4.72 Å². The zero-order valence-electron chi connectivity index (χ0n) is 17.9. The highest BCUT2D eigenvalue weighted by atomic mass is 32.2. The largest absolute Gasteiger partial charge is 0.335 e. The number of rotatable bonds is 5. The average Bonchev–Trinajstić information content (AvgIpc) is 2.95. The van der Waals surface area contributed by atoms with Gasteiger partial charge in [-0.2, -0.15) is 0 Å². The Morgan fingerprint density at radius 3 is 2.53 bits per heavy atom. The molecule has 2 bridgehead atoms. The molecule has 0 radical (unpaired) electrons. The number of carbonyl (C=O) groups excluding carboxylic acids is 1. The van der Waals surface area contributed by atoms with Crippen LogP contribution in [0.5, 0.6) is 0 Å². The highest BCUT2D eigenvalue weighted by Gasteiger charge is 2.51. The van der Waals surface area contributed by atoms with E-state index in [9.17, 15) is 13.2 Å². The van der Waals surface area contributed by atoms with Gasteiger partial charge in [0, 0.05) is 24.7 Å². The summed E-state index contributed by atoms with van der Waals surface area (Å²) in [4.78, 5) is 15.4. The molecule has 1 aliphatic heterocycles. The number of likely N-dealkylation sites (tertiary alicyclic amines) is 1. The van der Waals surface area contributed by atoms with Gasteiger partial charge in [0.15, 0.2) is 0 Å². The molecule has 1 amide bonds. The molecule has 2 fully saturated rings. The van der Waals surface area contributed by atoms with E-state index in [1.165, 1.54) is 12.1 Å². The molecule has 6 heteroatoms. The van der Waals surface area contributed by atoms with Gasteiger partial charge in [-0.25, -0.2) is 13.1 Å². The highest BCUT2D eigenvalue weighted by molar-refractivity contribution is 7.89. The van der Waals surface area contributed by atoms with Crippen LogP contribution in [-0.2, 0) is 16.6 Å². The van der Waals surface area contributed by atoms with Gasteiger partial charge in [-0.15, -0.1) is 0 Å². The van der Waals surface area contributed by atoms with E-state index in [1.807, 2.05) is 35.2 Å². The Labute approximate surface area is 179 Å². The Morgan fingerprint density at radius 2 is 1.80 bits per heavy atom. The predicted molar refractivity (Wildman–Crippen MR) is 117 cm³/mol. The first-order valence-electron chi connectivity index (χ1n) is 10.5. The second-order valence-electron chi connectivity index (χ2n) is 9.98. The van der Waals surface area contributed by atoms with Crippen molar-refractivity contribution in [1.29, 1.82) is 0 Å². The van der Waals surface area contributed by atoms with Crippen molar-refractivity contribution in [3.63, 3.8) is 0 Å². The molecule has 1 saturated heterocycles. The first-order valence-corrected chi connectivity index (χ1v) is 12.0. The Bertz CT molecular complexity index is 1050. The third-order valence-corrected chi connectivity index (χ3v) is 7.78. The Morgan fingerprint density at radius 1 is 1.07 bits per heavy atom. The lowest BCUT2D eigenvalue weighted by molar-refractivity contribution is 0.0708. The second-order valence-corrected chi connectivity index (χ2v) is 11.8. The molecule has 2 aliphatic rings. The molecule has 4 rings (SSSR count). The minimum Gasteiger partial charge on any atom is -0.335 e. The number of fused-ring (bicyclic) bond motifs is 2. The van der Waals surface area contributed by atoms with Gasteiger partial charge in [0.25, 0.3) is 5.91 Å². The van der Waals surface area contributed by atoms with Crippen LogP contribution in [0.25, 0.3) is 0 Å². The van der Waals surface area contributed by atoms with Crippen molar-refractivity contribution < 1.29 is 13.2 Å². The Kier molecular flexibility index (Phi) is 5.27. The van der Waals surface area contributed by atoms with Crippen molar-refractivity contribution in [1.82, 2.24) is 9.62 Å². The van der Waals surface area contributed by atoms with Gasteiger partial charge in [0.1, 0.15) is 0 Å². The van der Waals surface area contributed by atoms with E-state index in [4.69, 9.17) is 0 Å². The van der Waals surface area contributed by atoms with Crippen LogP contribution in [0.4, 0.5) is 0 Å². The zero-order valence-corrected chi connectivity index (χ0v) is 18.7. The van der Waals surface area contributed by atoms with Gasteiger partial charge in [-0.05, 0) is 53.9 Å². The monoisotopic (exact) mass is 426 g/mol. The van der Waals surface area contributed by atoms with Crippen LogP contribution in [0.1, 0.15) is 56.0 Å². The average molecular weight is 427 g/mol. The minimum atomic E-state index is -3.71. The van der Waals surface area contributed by atoms with Crippen molar-refractivity contribution in [3.05, 3.63) is 65.7 Å². The molecule has 0 spiro atoms. The van der Waals surface area contributed by atoms with Crippen LogP contribution in [0, 0.1) is 10.8 Å². The molecule has 0 aromatic heterocycles. The number of hydrogen-bond donors (Lipinski definition) is 1. The van der Waals surface area contributed by atoms with E-state index in [1.54, 1.807) is 12.1 Å². The Hall–Kier alpha value is -2.18. The van der Waals surface area contributed by atoms with Gasteiger partial charge >= 0.3 is 0 Å². The lowest BCUT2D eigenvalue weighted by Crippen LogP contribution is -2.37. The molecule has 2 atom stereocenters. The van der Waals surface area contributed by atoms with E-state index in [2.05, 4.69) is 25.5 Å². The van der Waals surface area contributed by atoms with E-state index >= 15 is 0 Å². The summed E-state index contributed by atoms with van der Waals surface area (Å²) in [5.41, 5.74) is 1.68. The number of nitrogens with zero attached hydrogens (tertiary/aromatic N) is 1. The zero-order chi connectivity index (χ0) is 21.6. The summed E-state index contributed by atoms with van der Waals surface area (Å²) in [6, 6.07) is 16.0. The van der Waals surface area contributed by atoms with Crippen molar-refractivity contribution in [3.8, 4) is 0 Å². The van der Waals surface area contributed by atoms with E-state index in [0.29, 0.717) is 5.56 Å². The molecule has 0 unspecified atom stereocenters. The molecule has 1 N–H and O–H groups in total. The third-order valence-electron chi connectivity index (χ3n) is 6.38. The molecule has 30 heavy (non-hydrogen) atoms. The normalized spacial score (nSPS) is 25.3. The number of sulfonamides is 1. The molecule has 5 nitrogen and oxygen atoms in total. The number of benzene rings is 2. The van der Waals surface area contributed by atoms with E-state index < -0.39 is 10.0 Å². The molecule has 2 aromatic rings. The van der Waals surface area contributed by atoms with E-state index in [-0.39, 0.29) is 34.2 Å². The van der Waals surface area contributed by atoms with Crippen molar-refractivity contribution in [2.75, 3.05) is 6.54 Å².